The van der Waals surface area contributed by atoms with Crippen LogP contribution in [0.4, 0.5) is 5.82 Å². The Bertz CT molecular complexity index is 707. The number of fused-ring (bicyclic) bond motifs is 1. The van der Waals surface area contributed by atoms with Gasteiger partial charge in [-0.3, -0.25) is 9.59 Å². The van der Waals surface area contributed by atoms with E-state index < -0.39 is 0 Å². The average Bonchev–Trinajstić information content (AvgIpc) is 2.26. The standard InChI is InChI=1S/C13H14ClN3O2/c1-17(2)6-10(18)11-9-5-7(14)3-4-8(9)13(19)16-12(11)15/h3-5H,6H2,1-2H3,(H3,15,16,19). The Morgan fingerprint density at radius 2 is 2.05 bits per heavy atom. The number of ketones is 1. The van der Waals surface area contributed by atoms with E-state index in [4.69, 9.17) is 17.3 Å². The molecule has 100 valence electrons. The molecule has 0 unspecified atom stereocenters. The zero-order valence-electron chi connectivity index (χ0n) is 10.7. The maximum atomic E-state index is 12.2. The second-order valence-corrected chi connectivity index (χ2v) is 5.03. The van der Waals surface area contributed by atoms with E-state index in [1.807, 2.05) is 0 Å². The number of rotatable bonds is 3. The second kappa shape index (κ2) is 5.03. The highest BCUT2D eigenvalue weighted by Crippen LogP contribution is 2.23. The minimum atomic E-state index is -0.328. The van der Waals surface area contributed by atoms with Crippen LogP contribution < -0.4 is 11.3 Å². The SMILES string of the molecule is CN(C)CC(=O)c1c(N)[nH]c(=O)c2ccc(Cl)cc12. The molecule has 1 aromatic heterocycles. The number of aromatic nitrogens is 1. The predicted molar refractivity (Wildman–Crippen MR) is 76.9 cm³/mol. The van der Waals surface area contributed by atoms with E-state index in [-0.39, 0.29) is 23.7 Å². The molecule has 0 fully saturated rings. The number of benzene rings is 1. The summed E-state index contributed by atoms with van der Waals surface area (Å²) in [5, 5.41) is 1.35. The number of nitrogen functional groups attached to an aromatic ring is 1. The van der Waals surface area contributed by atoms with Crippen LogP contribution in [-0.2, 0) is 0 Å². The molecule has 3 N–H and O–H groups in total. The topological polar surface area (TPSA) is 79.2 Å². The van der Waals surface area contributed by atoms with Crippen molar-refractivity contribution in [2.24, 2.45) is 0 Å². The fourth-order valence-corrected chi connectivity index (χ4v) is 2.16. The van der Waals surface area contributed by atoms with E-state index >= 15 is 0 Å². The molecule has 1 heterocycles. The number of nitrogens with one attached hydrogen (secondary N) is 1. The normalized spacial score (nSPS) is 11.2. The lowest BCUT2D eigenvalue weighted by atomic mass is 10.0. The summed E-state index contributed by atoms with van der Waals surface area (Å²) in [4.78, 5) is 28.3. The molecule has 0 aliphatic carbocycles. The van der Waals surface area contributed by atoms with Crippen LogP contribution in [0.3, 0.4) is 0 Å². The van der Waals surface area contributed by atoms with Crippen molar-refractivity contribution < 1.29 is 4.79 Å². The molecule has 1 aromatic carbocycles. The van der Waals surface area contributed by atoms with Crippen LogP contribution in [0.15, 0.2) is 23.0 Å². The van der Waals surface area contributed by atoms with Gasteiger partial charge in [-0.25, -0.2) is 0 Å². The molecule has 19 heavy (non-hydrogen) atoms. The second-order valence-electron chi connectivity index (χ2n) is 4.59. The zero-order chi connectivity index (χ0) is 14.2. The van der Waals surface area contributed by atoms with Crippen LogP contribution in [0.1, 0.15) is 10.4 Å². The fourth-order valence-electron chi connectivity index (χ4n) is 1.99. The first-order chi connectivity index (χ1) is 8.90. The highest BCUT2D eigenvalue weighted by molar-refractivity contribution is 6.31. The Morgan fingerprint density at radius 3 is 2.68 bits per heavy atom. The molecule has 2 aromatic rings. The number of aromatic amines is 1. The van der Waals surface area contributed by atoms with Gasteiger partial charge in [-0.05, 0) is 32.3 Å². The van der Waals surface area contributed by atoms with Gasteiger partial charge in [-0.1, -0.05) is 11.6 Å². The third-order valence-corrected chi connectivity index (χ3v) is 2.99. The number of likely N-dealkylation sites (N-methyl/N-ethyl adjacent to an activating group) is 1. The van der Waals surface area contributed by atoms with Gasteiger partial charge in [0, 0.05) is 15.8 Å². The van der Waals surface area contributed by atoms with E-state index in [0.717, 1.165) is 0 Å². The number of hydrogen-bond donors (Lipinski definition) is 2. The Morgan fingerprint density at radius 1 is 1.37 bits per heavy atom. The predicted octanol–water partition coefficient (Wildman–Crippen LogP) is 1.51. The number of Topliss-reactive ketones (excluding diaryl/α,β-unsaturated/α-hetero) is 1. The van der Waals surface area contributed by atoms with Gasteiger partial charge in [-0.2, -0.15) is 0 Å². The number of carbonyl (C=O) groups is 1. The number of H-pyrrole nitrogens is 1. The molecule has 0 spiro atoms. The van der Waals surface area contributed by atoms with Crippen LogP contribution in [0.2, 0.25) is 5.02 Å². The molecule has 0 amide bonds. The van der Waals surface area contributed by atoms with Crippen molar-refractivity contribution in [2.75, 3.05) is 26.4 Å². The number of carbonyl (C=O) groups excluding carboxylic acids is 1. The molecule has 2 rings (SSSR count). The largest absolute Gasteiger partial charge is 0.385 e. The van der Waals surface area contributed by atoms with Crippen molar-refractivity contribution in [3.8, 4) is 0 Å². The molecule has 0 atom stereocenters. The van der Waals surface area contributed by atoms with Crippen LogP contribution >= 0.6 is 11.6 Å². The summed E-state index contributed by atoms with van der Waals surface area (Å²) in [6.07, 6.45) is 0. The first-order valence-electron chi connectivity index (χ1n) is 5.69. The van der Waals surface area contributed by atoms with Gasteiger partial charge in [0.15, 0.2) is 5.78 Å². The molecule has 0 saturated heterocycles. The lowest BCUT2D eigenvalue weighted by molar-refractivity contribution is 0.0960. The summed E-state index contributed by atoms with van der Waals surface area (Å²) in [6.45, 7) is 0.206. The van der Waals surface area contributed by atoms with Gasteiger partial charge in [0.2, 0.25) is 0 Å². The minimum Gasteiger partial charge on any atom is -0.385 e. The van der Waals surface area contributed by atoms with Crippen LogP contribution in [0.25, 0.3) is 10.8 Å². The van der Waals surface area contributed by atoms with E-state index in [1.165, 1.54) is 0 Å². The van der Waals surface area contributed by atoms with Gasteiger partial charge in [0.05, 0.1) is 12.1 Å². The summed E-state index contributed by atoms with van der Waals surface area (Å²) >= 11 is 5.93. The smallest absolute Gasteiger partial charge is 0.257 e. The van der Waals surface area contributed by atoms with Crippen LogP contribution in [0.5, 0.6) is 0 Å². The van der Waals surface area contributed by atoms with Gasteiger partial charge < -0.3 is 15.6 Å². The Hall–Kier alpha value is -1.85. The highest BCUT2D eigenvalue weighted by atomic mass is 35.5. The van der Waals surface area contributed by atoms with Crippen molar-refractivity contribution in [3.63, 3.8) is 0 Å². The minimum absolute atomic E-state index is 0.0756. The van der Waals surface area contributed by atoms with E-state index in [1.54, 1.807) is 37.2 Å². The van der Waals surface area contributed by atoms with Gasteiger partial charge in [-0.15, -0.1) is 0 Å². The Labute approximate surface area is 115 Å². The third kappa shape index (κ3) is 2.62. The third-order valence-electron chi connectivity index (χ3n) is 2.75. The molecule has 0 aliphatic rings. The fraction of sp³-hybridized carbons (Fsp3) is 0.231. The quantitative estimate of drug-likeness (QED) is 0.835. The van der Waals surface area contributed by atoms with Crippen molar-refractivity contribution >= 4 is 34.0 Å². The van der Waals surface area contributed by atoms with Gasteiger partial charge in [0.25, 0.3) is 5.56 Å². The van der Waals surface area contributed by atoms with Gasteiger partial charge in [0.1, 0.15) is 5.82 Å². The summed E-state index contributed by atoms with van der Waals surface area (Å²) < 4.78 is 0. The number of nitrogens with zero attached hydrogens (tertiary/aromatic N) is 1. The number of halogens is 1. The number of pyridine rings is 1. The number of nitrogens with two attached hydrogens (primary N) is 1. The van der Waals surface area contributed by atoms with Crippen molar-refractivity contribution in [3.05, 3.63) is 39.1 Å². The highest BCUT2D eigenvalue weighted by Gasteiger charge is 2.17. The van der Waals surface area contributed by atoms with E-state index in [2.05, 4.69) is 4.98 Å². The number of anilines is 1. The molecular weight excluding hydrogens is 266 g/mol. The summed E-state index contributed by atoms with van der Waals surface area (Å²) in [7, 11) is 3.57. The molecule has 0 radical (unpaired) electrons. The molecular formula is C13H14ClN3O2. The first kappa shape index (κ1) is 13.6. The lowest BCUT2D eigenvalue weighted by Crippen LogP contribution is -2.24. The van der Waals surface area contributed by atoms with E-state index in [9.17, 15) is 9.59 Å². The van der Waals surface area contributed by atoms with Gasteiger partial charge >= 0.3 is 0 Å². The van der Waals surface area contributed by atoms with Crippen LogP contribution in [-0.4, -0.2) is 36.3 Å². The molecule has 6 heteroatoms. The first-order valence-corrected chi connectivity index (χ1v) is 6.07. The maximum Gasteiger partial charge on any atom is 0.257 e. The Balaban J connectivity index is 2.75. The Kier molecular flexibility index (Phi) is 3.59. The van der Waals surface area contributed by atoms with Crippen molar-refractivity contribution in [1.29, 1.82) is 0 Å². The summed E-state index contributed by atoms with van der Waals surface area (Å²) in [5.41, 5.74) is 5.76. The maximum absolute atomic E-state index is 12.2. The zero-order valence-corrected chi connectivity index (χ0v) is 11.4. The summed E-state index contributed by atoms with van der Waals surface area (Å²) in [6, 6.07) is 4.78. The van der Waals surface area contributed by atoms with E-state index in [0.29, 0.717) is 21.4 Å². The molecule has 0 aliphatic heterocycles. The summed E-state index contributed by atoms with van der Waals surface area (Å²) in [5.74, 6) is -0.0855. The lowest BCUT2D eigenvalue weighted by Gasteiger charge is -2.12. The molecule has 0 saturated carbocycles. The average molecular weight is 280 g/mol. The monoisotopic (exact) mass is 279 g/mol. The van der Waals surface area contributed by atoms with Crippen LogP contribution in [0, 0.1) is 0 Å². The van der Waals surface area contributed by atoms with Crippen molar-refractivity contribution in [1.82, 2.24) is 9.88 Å². The number of hydrogen-bond acceptors (Lipinski definition) is 4. The molecule has 5 nitrogen and oxygen atoms in total. The molecule has 0 bridgehead atoms. The van der Waals surface area contributed by atoms with Crippen molar-refractivity contribution in [2.45, 2.75) is 0 Å².